The number of carbonyl (C=O) groups is 1. The monoisotopic (exact) mass is 174 g/mol. The molecule has 0 aliphatic carbocycles. The highest BCUT2D eigenvalue weighted by molar-refractivity contribution is 5.79. The number of hydrogen-bond acceptors (Lipinski definition) is 2. The lowest BCUT2D eigenvalue weighted by Crippen LogP contribution is -1.99. The largest absolute Gasteiger partial charge is 0.301 e. The molecule has 0 aliphatic rings. The van der Waals surface area contributed by atoms with Crippen molar-refractivity contribution in [2.75, 3.05) is 0 Å². The number of fused-ring (bicyclic) bond motifs is 1. The van der Waals surface area contributed by atoms with E-state index in [4.69, 9.17) is 0 Å². The van der Waals surface area contributed by atoms with Crippen molar-refractivity contribution in [3.05, 3.63) is 30.0 Å². The predicted octanol–water partition coefficient (Wildman–Crippen LogP) is 1.54. The Labute approximate surface area is 76.0 Å². The summed E-state index contributed by atoms with van der Waals surface area (Å²) in [6.45, 7) is 2.35. The molecule has 0 aliphatic heterocycles. The van der Waals surface area contributed by atoms with Crippen molar-refractivity contribution in [3.63, 3.8) is 0 Å². The Morgan fingerprint density at radius 2 is 2.38 bits per heavy atom. The van der Waals surface area contributed by atoms with Crippen LogP contribution in [0.5, 0.6) is 0 Å². The third-order valence-corrected chi connectivity index (χ3v) is 2.05. The zero-order valence-corrected chi connectivity index (χ0v) is 7.40. The molecule has 0 atom stereocenters. The lowest BCUT2D eigenvalue weighted by molar-refractivity contribution is -0.108. The number of aldehydes is 1. The van der Waals surface area contributed by atoms with E-state index in [2.05, 4.69) is 5.10 Å². The Kier molecular flexibility index (Phi) is 1.85. The average molecular weight is 174 g/mol. The minimum Gasteiger partial charge on any atom is -0.301 e. The van der Waals surface area contributed by atoms with Crippen molar-refractivity contribution in [3.8, 4) is 0 Å². The second kappa shape index (κ2) is 3.01. The van der Waals surface area contributed by atoms with Crippen LogP contribution in [-0.4, -0.2) is 16.1 Å². The van der Waals surface area contributed by atoms with Crippen molar-refractivity contribution in [1.29, 1.82) is 0 Å². The summed E-state index contributed by atoms with van der Waals surface area (Å²) in [5, 5.41) is 5.19. The van der Waals surface area contributed by atoms with Crippen LogP contribution in [0.3, 0.4) is 0 Å². The maximum absolute atomic E-state index is 10.3. The van der Waals surface area contributed by atoms with Gasteiger partial charge in [0.25, 0.3) is 0 Å². The molecule has 2 aromatic rings. The Balaban J connectivity index is 2.64. The molecule has 0 spiro atoms. The summed E-state index contributed by atoms with van der Waals surface area (Å²) in [5.74, 6) is 0. The summed E-state index contributed by atoms with van der Waals surface area (Å²) in [5.41, 5.74) is 2.20. The standard InChI is InChI=1S/C10H10N2O/c1-8-2-3-9-7-11-12(4-5-13)10(9)6-8/h2-3,5-7H,4H2,1H3. The van der Waals surface area contributed by atoms with Crippen LogP contribution in [0.15, 0.2) is 24.4 Å². The van der Waals surface area contributed by atoms with Gasteiger partial charge >= 0.3 is 0 Å². The van der Waals surface area contributed by atoms with Crippen molar-refractivity contribution >= 4 is 17.2 Å². The van der Waals surface area contributed by atoms with Crippen LogP contribution in [0, 0.1) is 6.92 Å². The first-order valence-corrected chi connectivity index (χ1v) is 4.17. The molecule has 1 aromatic heterocycles. The molecule has 0 N–H and O–H groups in total. The van der Waals surface area contributed by atoms with Gasteiger partial charge in [0.2, 0.25) is 0 Å². The summed E-state index contributed by atoms with van der Waals surface area (Å²) in [6, 6.07) is 6.08. The minimum absolute atomic E-state index is 0.326. The first kappa shape index (κ1) is 7.98. The van der Waals surface area contributed by atoms with E-state index in [1.165, 1.54) is 5.56 Å². The van der Waals surface area contributed by atoms with Crippen molar-refractivity contribution < 1.29 is 4.79 Å². The van der Waals surface area contributed by atoms with Gasteiger partial charge in [-0.15, -0.1) is 0 Å². The molecule has 0 saturated heterocycles. The Hall–Kier alpha value is -1.64. The average Bonchev–Trinajstić information content (AvgIpc) is 2.49. The normalized spacial score (nSPS) is 10.5. The highest BCUT2D eigenvalue weighted by Gasteiger charge is 2.00. The summed E-state index contributed by atoms with van der Waals surface area (Å²) in [7, 11) is 0. The molecule has 13 heavy (non-hydrogen) atoms. The fourth-order valence-electron chi connectivity index (χ4n) is 1.40. The van der Waals surface area contributed by atoms with E-state index in [9.17, 15) is 4.79 Å². The second-order valence-electron chi connectivity index (χ2n) is 3.06. The maximum atomic E-state index is 10.3. The lowest BCUT2D eigenvalue weighted by Gasteiger charge is -1.97. The highest BCUT2D eigenvalue weighted by atomic mass is 16.1. The fraction of sp³-hybridized carbons (Fsp3) is 0.200. The molecule has 0 saturated carbocycles. The number of aryl methyl sites for hydroxylation is 1. The Morgan fingerprint density at radius 1 is 1.54 bits per heavy atom. The van der Waals surface area contributed by atoms with Gasteiger partial charge in [-0.05, 0) is 18.6 Å². The number of carbonyl (C=O) groups excluding carboxylic acids is 1. The zero-order valence-electron chi connectivity index (χ0n) is 7.40. The van der Waals surface area contributed by atoms with E-state index in [-0.39, 0.29) is 0 Å². The van der Waals surface area contributed by atoms with Crippen LogP contribution in [0.4, 0.5) is 0 Å². The maximum Gasteiger partial charge on any atom is 0.141 e. The highest BCUT2D eigenvalue weighted by Crippen LogP contribution is 2.14. The Morgan fingerprint density at radius 3 is 3.15 bits per heavy atom. The molecule has 3 heteroatoms. The lowest BCUT2D eigenvalue weighted by atomic mass is 10.2. The molecule has 1 heterocycles. The van der Waals surface area contributed by atoms with Gasteiger partial charge in [-0.25, -0.2) is 0 Å². The van der Waals surface area contributed by atoms with Crippen LogP contribution in [0.1, 0.15) is 5.56 Å². The molecule has 0 bridgehead atoms. The van der Waals surface area contributed by atoms with Crippen LogP contribution in [0.25, 0.3) is 10.9 Å². The number of benzene rings is 1. The van der Waals surface area contributed by atoms with E-state index in [0.29, 0.717) is 6.54 Å². The van der Waals surface area contributed by atoms with Crippen LogP contribution >= 0.6 is 0 Å². The molecular formula is C10H10N2O. The quantitative estimate of drug-likeness (QED) is 0.647. The van der Waals surface area contributed by atoms with Gasteiger partial charge in [-0.1, -0.05) is 12.1 Å². The van der Waals surface area contributed by atoms with Gasteiger partial charge in [0.05, 0.1) is 18.3 Å². The first-order valence-electron chi connectivity index (χ1n) is 4.17. The smallest absolute Gasteiger partial charge is 0.141 e. The molecular weight excluding hydrogens is 164 g/mol. The SMILES string of the molecule is Cc1ccc2cnn(CC=O)c2c1. The number of aromatic nitrogens is 2. The number of nitrogens with zero attached hydrogens (tertiary/aromatic N) is 2. The van der Waals surface area contributed by atoms with Gasteiger partial charge < -0.3 is 4.79 Å². The van der Waals surface area contributed by atoms with Gasteiger partial charge in [0, 0.05) is 5.39 Å². The topological polar surface area (TPSA) is 34.9 Å². The summed E-state index contributed by atoms with van der Waals surface area (Å²) < 4.78 is 1.70. The van der Waals surface area contributed by atoms with E-state index >= 15 is 0 Å². The molecule has 0 unspecified atom stereocenters. The number of hydrogen-bond donors (Lipinski definition) is 0. The van der Waals surface area contributed by atoms with Crippen LogP contribution in [-0.2, 0) is 11.3 Å². The molecule has 1 aromatic carbocycles. The minimum atomic E-state index is 0.326. The van der Waals surface area contributed by atoms with E-state index in [1.54, 1.807) is 10.9 Å². The summed E-state index contributed by atoms with van der Waals surface area (Å²) in [6.07, 6.45) is 2.63. The summed E-state index contributed by atoms with van der Waals surface area (Å²) in [4.78, 5) is 10.3. The van der Waals surface area contributed by atoms with Gasteiger partial charge in [-0.3, -0.25) is 4.68 Å². The summed E-state index contributed by atoms with van der Waals surface area (Å²) >= 11 is 0. The van der Waals surface area contributed by atoms with Crippen molar-refractivity contribution in [2.24, 2.45) is 0 Å². The molecule has 0 amide bonds. The first-order chi connectivity index (χ1) is 6.31. The van der Waals surface area contributed by atoms with Crippen LogP contribution in [0.2, 0.25) is 0 Å². The molecule has 2 rings (SSSR count). The third kappa shape index (κ3) is 1.33. The second-order valence-corrected chi connectivity index (χ2v) is 3.06. The third-order valence-electron chi connectivity index (χ3n) is 2.05. The zero-order chi connectivity index (χ0) is 9.26. The van der Waals surface area contributed by atoms with Crippen LogP contribution < -0.4 is 0 Å². The van der Waals surface area contributed by atoms with E-state index in [0.717, 1.165) is 17.2 Å². The molecule has 3 nitrogen and oxygen atoms in total. The molecule has 66 valence electrons. The Bertz CT molecular complexity index is 445. The van der Waals surface area contributed by atoms with Crippen molar-refractivity contribution in [2.45, 2.75) is 13.5 Å². The van der Waals surface area contributed by atoms with Gasteiger partial charge in [0.1, 0.15) is 6.29 Å². The van der Waals surface area contributed by atoms with E-state index in [1.807, 2.05) is 25.1 Å². The fourth-order valence-corrected chi connectivity index (χ4v) is 1.40. The van der Waals surface area contributed by atoms with Gasteiger partial charge in [-0.2, -0.15) is 5.10 Å². The van der Waals surface area contributed by atoms with Gasteiger partial charge in [0.15, 0.2) is 0 Å². The molecule has 0 fully saturated rings. The molecule has 0 radical (unpaired) electrons. The van der Waals surface area contributed by atoms with E-state index < -0.39 is 0 Å². The number of rotatable bonds is 2. The predicted molar refractivity (Wildman–Crippen MR) is 50.5 cm³/mol. The van der Waals surface area contributed by atoms with Crippen molar-refractivity contribution in [1.82, 2.24) is 9.78 Å².